The van der Waals surface area contributed by atoms with E-state index in [1.807, 2.05) is 25.1 Å². The van der Waals surface area contributed by atoms with Crippen LogP contribution in [0.15, 0.2) is 76.3 Å². The van der Waals surface area contributed by atoms with Gasteiger partial charge in [0.25, 0.3) is 5.91 Å². The molecule has 8 heteroatoms. The van der Waals surface area contributed by atoms with Gasteiger partial charge in [0, 0.05) is 4.47 Å². The number of carbonyl (C=O) groups excluding carboxylic acids is 2. The number of halogens is 1. The second kappa shape index (κ2) is 11.1. The Hall–Kier alpha value is -3.65. The number of rotatable bonds is 8. The molecule has 0 bridgehead atoms. The molecule has 0 aromatic heterocycles. The standard InChI is InChI=1S/C24H21BrN2O5/c1-16-7-10-18(11-8-16)31-15-23(28)27-26-14-17-9-12-21(22(13-17)30-2)32-24(29)19-5-3-4-6-20(19)25/h3-14H,15H2,1-2H3,(H,27,28)/b26-14+. The van der Waals surface area contributed by atoms with Crippen LogP contribution in [0.2, 0.25) is 0 Å². The number of hydrazone groups is 1. The van der Waals surface area contributed by atoms with Crippen molar-refractivity contribution in [1.82, 2.24) is 5.43 Å². The fourth-order valence-corrected chi connectivity index (χ4v) is 3.07. The van der Waals surface area contributed by atoms with E-state index in [1.165, 1.54) is 13.3 Å². The lowest BCUT2D eigenvalue weighted by Gasteiger charge is -2.10. The van der Waals surface area contributed by atoms with Gasteiger partial charge in [0.05, 0.1) is 18.9 Å². The third-order valence-electron chi connectivity index (χ3n) is 4.28. The quantitative estimate of drug-likeness (QED) is 0.214. The van der Waals surface area contributed by atoms with Crippen molar-refractivity contribution >= 4 is 34.0 Å². The first-order valence-corrected chi connectivity index (χ1v) is 10.4. The SMILES string of the molecule is COc1cc(/C=N/NC(=O)COc2ccc(C)cc2)ccc1OC(=O)c1ccccc1Br. The molecule has 1 N–H and O–H groups in total. The molecule has 0 aliphatic heterocycles. The Kier molecular flexibility index (Phi) is 7.99. The van der Waals surface area contributed by atoms with Crippen LogP contribution >= 0.6 is 15.9 Å². The van der Waals surface area contributed by atoms with Crippen molar-refractivity contribution in [2.75, 3.05) is 13.7 Å². The summed E-state index contributed by atoms with van der Waals surface area (Å²) in [5.41, 5.74) is 4.55. The highest BCUT2D eigenvalue weighted by Gasteiger charge is 2.15. The van der Waals surface area contributed by atoms with E-state index in [1.54, 1.807) is 48.5 Å². The number of methoxy groups -OCH3 is 1. The van der Waals surface area contributed by atoms with Gasteiger partial charge in [-0.1, -0.05) is 29.8 Å². The Morgan fingerprint density at radius 2 is 1.78 bits per heavy atom. The molecule has 0 saturated carbocycles. The fraction of sp³-hybridized carbons (Fsp3) is 0.125. The number of nitrogens with zero attached hydrogens (tertiary/aromatic N) is 1. The van der Waals surface area contributed by atoms with Crippen LogP contribution in [0.4, 0.5) is 0 Å². The maximum absolute atomic E-state index is 12.4. The average Bonchev–Trinajstić information content (AvgIpc) is 2.79. The van der Waals surface area contributed by atoms with Gasteiger partial charge in [0.1, 0.15) is 5.75 Å². The normalized spacial score (nSPS) is 10.6. The smallest absolute Gasteiger partial charge is 0.344 e. The van der Waals surface area contributed by atoms with Crippen LogP contribution in [0, 0.1) is 6.92 Å². The van der Waals surface area contributed by atoms with Crippen molar-refractivity contribution in [2.45, 2.75) is 6.92 Å². The molecule has 0 aliphatic rings. The van der Waals surface area contributed by atoms with Gasteiger partial charge in [-0.2, -0.15) is 5.10 Å². The van der Waals surface area contributed by atoms with Crippen molar-refractivity contribution in [1.29, 1.82) is 0 Å². The maximum atomic E-state index is 12.4. The number of benzene rings is 3. The van der Waals surface area contributed by atoms with Crippen molar-refractivity contribution in [2.24, 2.45) is 5.10 Å². The van der Waals surface area contributed by atoms with Crippen LogP contribution < -0.4 is 19.6 Å². The zero-order valence-electron chi connectivity index (χ0n) is 17.5. The topological polar surface area (TPSA) is 86.2 Å². The third-order valence-corrected chi connectivity index (χ3v) is 4.97. The summed E-state index contributed by atoms with van der Waals surface area (Å²) in [6.45, 7) is 1.81. The molecule has 0 spiro atoms. The summed E-state index contributed by atoms with van der Waals surface area (Å²) in [6, 6.07) is 19.3. The first-order chi connectivity index (χ1) is 15.5. The van der Waals surface area contributed by atoms with Crippen molar-refractivity contribution < 1.29 is 23.8 Å². The zero-order chi connectivity index (χ0) is 22.9. The Balaban J connectivity index is 1.57. The maximum Gasteiger partial charge on any atom is 0.344 e. The molecule has 0 unspecified atom stereocenters. The summed E-state index contributed by atoms with van der Waals surface area (Å²) in [5.74, 6) is 0.308. The van der Waals surface area contributed by atoms with E-state index in [4.69, 9.17) is 14.2 Å². The summed E-state index contributed by atoms with van der Waals surface area (Å²) < 4.78 is 16.8. The van der Waals surface area contributed by atoms with Gasteiger partial charge in [-0.05, 0) is 70.9 Å². The first kappa shape index (κ1) is 23.0. The summed E-state index contributed by atoms with van der Waals surface area (Å²) in [4.78, 5) is 24.3. The molecular formula is C24H21BrN2O5. The monoisotopic (exact) mass is 496 g/mol. The van der Waals surface area contributed by atoms with Crippen LogP contribution in [-0.2, 0) is 4.79 Å². The van der Waals surface area contributed by atoms with E-state index in [2.05, 4.69) is 26.5 Å². The highest BCUT2D eigenvalue weighted by molar-refractivity contribution is 9.10. The number of amides is 1. The molecule has 0 aliphatic carbocycles. The van der Waals surface area contributed by atoms with E-state index in [9.17, 15) is 9.59 Å². The number of hydrogen-bond acceptors (Lipinski definition) is 6. The second-order valence-electron chi connectivity index (χ2n) is 6.67. The predicted molar refractivity (Wildman–Crippen MR) is 125 cm³/mol. The molecule has 3 aromatic rings. The van der Waals surface area contributed by atoms with Crippen LogP contribution in [0.3, 0.4) is 0 Å². The minimum absolute atomic E-state index is 0.159. The lowest BCUT2D eigenvalue weighted by atomic mass is 10.2. The molecular weight excluding hydrogens is 476 g/mol. The Labute approximate surface area is 194 Å². The highest BCUT2D eigenvalue weighted by atomic mass is 79.9. The summed E-state index contributed by atoms with van der Waals surface area (Å²) in [6.07, 6.45) is 1.45. The van der Waals surface area contributed by atoms with Crippen LogP contribution in [0.5, 0.6) is 17.2 Å². The third kappa shape index (κ3) is 6.42. The lowest BCUT2D eigenvalue weighted by molar-refractivity contribution is -0.123. The molecule has 0 atom stereocenters. The van der Waals surface area contributed by atoms with E-state index < -0.39 is 11.9 Å². The Morgan fingerprint density at radius 1 is 1.03 bits per heavy atom. The lowest BCUT2D eigenvalue weighted by Crippen LogP contribution is -2.24. The second-order valence-corrected chi connectivity index (χ2v) is 7.53. The molecule has 0 saturated heterocycles. The zero-order valence-corrected chi connectivity index (χ0v) is 19.1. The van der Waals surface area contributed by atoms with Gasteiger partial charge in [-0.3, -0.25) is 4.79 Å². The molecule has 0 radical (unpaired) electrons. The molecule has 3 rings (SSSR count). The summed E-state index contributed by atoms with van der Waals surface area (Å²) in [5, 5.41) is 3.92. The number of ether oxygens (including phenoxy) is 3. The van der Waals surface area contributed by atoms with Gasteiger partial charge in [0.2, 0.25) is 0 Å². The molecule has 164 valence electrons. The van der Waals surface area contributed by atoms with Gasteiger partial charge < -0.3 is 14.2 Å². The number of aryl methyl sites for hydroxylation is 1. The molecule has 32 heavy (non-hydrogen) atoms. The molecule has 7 nitrogen and oxygen atoms in total. The van der Waals surface area contributed by atoms with Crippen molar-refractivity contribution in [3.8, 4) is 17.2 Å². The van der Waals surface area contributed by atoms with E-state index in [-0.39, 0.29) is 12.4 Å². The highest BCUT2D eigenvalue weighted by Crippen LogP contribution is 2.29. The van der Waals surface area contributed by atoms with Crippen molar-refractivity contribution in [3.05, 3.63) is 87.9 Å². The van der Waals surface area contributed by atoms with Gasteiger partial charge in [-0.15, -0.1) is 0 Å². The first-order valence-electron chi connectivity index (χ1n) is 9.62. The molecule has 1 amide bonds. The molecule has 3 aromatic carbocycles. The number of esters is 1. The minimum Gasteiger partial charge on any atom is -0.493 e. The Bertz CT molecular complexity index is 1130. The van der Waals surface area contributed by atoms with Crippen LogP contribution in [0.1, 0.15) is 21.5 Å². The number of nitrogens with one attached hydrogen (secondary N) is 1. The minimum atomic E-state index is -0.516. The molecule has 0 heterocycles. The number of carbonyl (C=O) groups is 2. The van der Waals surface area contributed by atoms with E-state index >= 15 is 0 Å². The van der Waals surface area contributed by atoms with Crippen LogP contribution in [0.25, 0.3) is 0 Å². The van der Waals surface area contributed by atoms with Gasteiger partial charge in [-0.25, -0.2) is 10.2 Å². The average molecular weight is 497 g/mol. The molecule has 0 fully saturated rings. The van der Waals surface area contributed by atoms with Crippen molar-refractivity contribution in [3.63, 3.8) is 0 Å². The largest absolute Gasteiger partial charge is 0.493 e. The Morgan fingerprint density at radius 3 is 2.50 bits per heavy atom. The van der Waals surface area contributed by atoms with Gasteiger partial charge in [0.15, 0.2) is 18.1 Å². The van der Waals surface area contributed by atoms with Gasteiger partial charge >= 0.3 is 5.97 Å². The van der Waals surface area contributed by atoms with E-state index in [0.29, 0.717) is 27.1 Å². The summed E-state index contributed by atoms with van der Waals surface area (Å²) in [7, 11) is 1.47. The summed E-state index contributed by atoms with van der Waals surface area (Å²) >= 11 is 3.33. The number of hydrogen-bond donors (Lipinski definition) is 1. The van der Waals surface area contributed by atoms with Crippen LogP contribution in [-0.4, -0.2) is 31.8 Å². The predicted octanol–water partition coefficient (Wildman–Crippen LogP) is 4.51. The fourth-order valence-electron chi connectivity index (χ4n) is 2.62. The van der Waals surface area contributed by atoms with E-state index in [0.717, 1.165) is 5.56 Å².